The third kappa shape index (κ3) is 1.19. The molecule has 50 valence electrons. The summed E-state index contributed by atoms with van der Waals surface area (Å²) in [5, 5.41) is 0. The van der Waals surface area contributed by atoms with Crippen LogP contribution in [0.25, 0.3) is 0 Å². The Labute approximate surface area is 67.2 Å². The fraction of sp³-hybridized carbons (Fsp3) is 0. The van der Waals surface area contributed by atoms with Crippen LogP contribution in [0.2, 0.25) is 0 Å². The third-order valence-corrected chi connectivity index (χ3v) is 1.77. The highest BCUT2D eigenvalue weighted by molar-refractivity contribution is 9.10. The zero-order valence-electron chi connectivity index (χ0n) is 5.07. The largest absolute Gasteiger partial charge is 0.206 e. The van der Waals surface area contributed by atoms with Gasteiger partial charge in [0.05, 0.1) is 5.56 Å². The van der Waals surface area contributed by atoms with E-state index < -0.39 is 0 Å². The Balaban J connectivity index is 3.34. The fourth-order valence-electron chi connectivity index (χ4n) is 0.636. The predicted octanol–water partition coefficient (Wildman–Crippen LogP) is 2.57. The molecule has 0 aliphatic rings. The highest BCUT2D eigenvalue weighted by atomic mass is 79.9. The standard InChI is InChI=1S/C8H4BrF/c1-2-6-7(9)4-3-5-8(6)10/h1,3-5H. The number of terminal acetylenes is 1. The Bertz CT molecular complexity index is 266. The van der Waals surface area contributed by atoms with Gasteiger partial charge in [0.1, 0.15) is 5.82 Å². The van der Waals surface area contributed by atoms with Crippen LogP contribution in [0.5, 0.6) is 0 Å². The molecule has 1 rings (SSSR count). The molecule has 0 nitrogen and oxygen atoms in total. The van der Waals surface area contributed by atoms with Crippen LogP contribution in [0.1, 0.15) is 5.56 Å². The van der Waals surface area contributed by atoms with Gasteiger partial charge in [-0.2, -0.15) is 0 Å². The maximum atomic E-state index is 12.7. The lowest BCUT2D eigenvalue weighted by molar-refractivity contribution is 0.623. The molecule has 0 aliphatic heterocycles. The molecule has 0 radical (unpaired) electrons. The normalized spacial score (nSPS) is 8.90. The molecule has 0 aliphatic carbocycles. The Kier molecular flexibility index (Phi) is 2.08. The molecule has 1 aromatic carbocycles. The van der Waals surface area contributed by atoms with E-state index in [0.717, 1.165) is 0 Å². The minimum Gasteiger partial charge on any atom is -0.206 e. The van der Waals surface area contributed by atoms with Crippen LogP contribution < -0.4 is 0 Å². The topological polar surface area (TPSA) is 0 Å². The first kappa shape index (κ1) is 7.30. The third-order valence-electron chi connectivity index (χ3n) is 1.11. The summed E-state index contributed by atoms with van der Waals surface area (Å²) >= 11 is 3.12. The molecule has 0 spiro atoms. The van der Waals surface area contributed by atoms with Crippen molar-refractivity contribution >= 4 is 15.9 Å². The zero-order valence-corrected chi connectivity index (χ0v) is 6.65. The van der Waals surface area contributed by atoms with E-state index in [1.165, 1.54) is 6.07 Å². The molecule has 0 atom stereocenters. The predicted molar refractivity (Wildman–Crippen MR) is 42.0 cm³/mol. The molecule has 0 fully saturated rings. The molecule has 0 heterocycles. The van der Waals surface area contributed by atoms with E-state index >= 15 is 0 Å². The van der Waals surface area contributed by atoms with Crippen LogP contribution in [-0.2, 0) is 0 Å². The van der Waals surface area contributed by atoms with Crippen LogP contribution in [0.3, 0.4) is 0 Å². The molecule has 0 N–H and O–H groups in total. The van der Waals surface area contributed by atoms with Gasteiger partial charge in [-0.25, -0.2) is 4.39 Å². The molecule has 0 amide bonds. The molecule has 0 unspecified atom stereocenters. The van der Waals surface area contributed by atoms with Crippen molar-refractivity contribution in [2.45, 2.75) is 0 Å². The van der Waals surface area contributed by atoms with E-state index in [1.54, 1.807) is 12.1 Å². The molecule has 2 heteroatoms. The van der Waals surface area contributed by atoms with E-state index in [-0.39, 0.29) is 11.4 Å². The van der Waals surface area contributed by atoms with E-state index in [4.69, 9.17) is 6.42 Å². The first-order chi connectivity index (χ1) is 4.75. The van der Waals surface area contributed by atoms with Crippen molar-refractivity contribution in [2.75, 3.05) is 0 Å². The van der Waals surface area contributed by atoms with Crippen molar-refractivity contribution in [3.63, 3.8) is 0 Å². The highest BCUT2D eigenvalue weighted by Gasteiger charge is 2.00. The van der Waals surface area contributed by atoms with Gasteiger partial charge in [-0.3, -0.25) is 0 Å². The quantitative estimate of drug-likeness (QED) is 0.563. The molecular weight excluding hydrogens is 195 g/mol. The average molecular weight is 199 g/mol. The second-order valence-electron chi connectivity index (χ2n) is 1.74. The Hall–Kier alpha value is -0.810. The zero-order chi connectivity index (χ0) is 7.56. The summed E-state index contributed by atoms with van der Waals surface area (Å²) in [6.07, 6.45) is 5.03. The van der Waals surface area contributed by atoms with Crippen LogP contribution in [0.4, 0.5) is 4.39 Å². The van der Waals surface area contributed by atoms with Crippen LogP contribution >= 0.6 is 15.9 Å². The summed E-state index contributed by atoms with van der Waals surface area (Å²) < 4.78 is 13.3. The van der Waals surface area contributed by atoms with Gasteiger partial charge in [-0.05, 0) is 28.1 Å². The van der Waals surface area contributed by atoms with Gasteiger partial charge >= 0.3 is 0 Å². The van der Waals surface area contributed by atoms with Gasteiger partial charge in [-0.15, -0.1) is 6.42 Å². The maximum Gasteiger partial charge on any atom is 0.139 e. The summed E-state index contributed by atoms with van der Waals surface area (Å²) in [5.74, 6) is 1.88. The molecular formula is C8H4BrF. The van der Waals surface area contributed by atoms with E-state index in [9.17, 15) is 4.39 Å². The van der Waals surface area contributed by atoms with Gasteiger partial charge in [0.25, 0.3) is 0 Å². The smallest absolute Gasteiger partial charge is 0.139 e. The number of hydrogen-bond donors (Lipinski definition) is 0. The van der Waals surface area contributed by atoms with E-state index in [1.807, 2.05) is 0 Å². The van der Waals surface area contributed by atoms with Crippen LogP contribution in [0, 0.1) is 18.2 Å². The SMILES string of the molecule is C#Cc1c(F)cccc1Br. The molecule has 0 saturated heterocycles. The van der Waals surface area contributed by atoms with Gasteiger partial charge in [0, 0.05) is 4.47 Å². The highest BCUT2D eigenvalue weighted by Crippen LogP contribution is 2.17. The summed E-state index contributed by atoms with van der Waals surface area (Å²) in [7, 11) is 0. The molecule has 0 aromatic heterocycles. The fourth-order valence-corrected chi connectivity index (χ4v) is 1.09. The van der Waals surface area contributed by atoms with Crippen LogP contribution in [-0.4, -0.2) is 0 Å². The number of rotatable bonds is 0. The van der Waals surface area contributed by atoms with Crippen LogP contribution in [0.15, 0.2) is 22.7 Å². The van der Waals surface area contributed by atoms with Crippen molar-refractivity contribution in [1.29, 1.82) is 0 Å². The summed E-state index contributed by atoms with van der Waals surface area (Å²) in [4.78, 5) is 0. The molecule has 10 heavy (non-hydrogen) atoms. The van der Waals surface area contributed by atoms with Gasteiger partial charge in [0.15, 0.2) is 0 Å². The summed E-state index contributed by atoms with van der Waals surface area (Å²) in [6, 6.07) is 4.64. The monoisotopic (exact) mass is 198 g/mol. The lowest BCUT2D eigenvalue weighted by Crippen LogP contribution is -1.82. The van der Waals surface area contributed by atoms with E-state index in [2.05, 4.69) is 21.9 Å². The Morgan fingerprint density at radius 1 is 1.50 bits per heavy atom. The Morgan fingerprint density at radius 2 is 2.20 bits per heavy atom. The molecule has 0 saturated carbocycles. The summed E-state index contributed by atoms with van der Waals surface area (Å²) in [5.41, 5.74) is 0.280. The second kappa shape index (κ2) is 2.85. The average Bonchev–Trinajstić information content (AvgIpc) is 1.88. The lowest BCUT2D eigenvalue weighted by Gasteiger charge is -1.95. The Morgan fingerprint density at radius 3 is 2.60 bits per heavy atom. The first-order valence-corrected chi connectivity index (χ1v) is 3.45. The van der Waals surface area contributed by atoms with Crippen molar-refractivity contribution in [1.82, 2.24) is 0 Å². The van der Waals surface area contributed by atoms with Crippen molar-refractivity contribution in [2.24, 2.45) is 0 Å². The van der Waals surface area contributed by atoms with Gasteiger partial charge in [0.2, 0.25) is 0 Å². The number of halogens is 2. The minimum absolute atomic E-state index is 0.280. The first-order valence-electron chi connectivity index (χ1n) is 2.66. The van der Waals surface area contributed by atoms with E-state index in [0.29, 0.717) is 4.47 Å². The lowest BCUT2D eigenvalue weighted by atomic mass is 10.2. The summed E-state index contributed by atoms with van der Waals surface area (Å²) in [6.45, 7) is 0. The van der Waals surface area contributed by atoms with Gasteiger partial charge in [-0.1, -0.05) is 12.0 Å². The number of hydrogen-bond acceptors (Lipinski definition) is 0. The molecule has 0 bridgehead atoms. The van der Waals surface area contributed by atoms with Gasteiger partial charge < -0.3 is 0 Å². The van der Waals surface area contributed by atoms with Crippen molar-refractivity contribution < 1.29 is 4.39 Å². The maximum absolute atomic E-state index is 12.7. The molecule has 1 aromatic rings. The minimum atomic E-state index is -0.364. The number of benzene rings is 1. The van der Waals surface area contributed by atoms with Crippen molar-refractivity contribution in [3.8, 4) is 12.3 Å². The second-order valence-corrected chi connectivity index (χ2v) is 2.60. The van der Waals surface area contributed by atoms with Crippen molar-refractivity contribution in [3.05, 3.63) is 34.1 Å².